The number of methoxy groups -OCH3 is 2. The van der Waals surface area contributed by atoms with E-state index in [1.807, 2.05) is 78.9 Å². The fourth-order valence-corrected chi connectivity index (χ4v) is 4.64. The van der Waals surface area contributed by atoms with Gasteiger partial charge < -0.3 is 29.4 Å². The van der Waals surface area contributed by atoms with Gasteiger partial charge in [0.1, 0.15) is 13.2 Å². The number of ether oxygens (including phenoxy) is 4. The molecule has 0 fully saturated rings. The number of halogens is 2. The number of benzene rings is 4. The smallest absolute Gasteiger partial charge is 0.163 e. The van der Waals surface area contributed by atoms with Crippen molar-refractivity contribution in [2.45, 2.75) is 38.7 Å². The minimum absolute atomic E-state index is 0. The number of aliphatic hydroxyl groups excluding tert-OH is 1. The largest absolute Gasteiger partial charge is 0.493 e. The molecule has 0 bridgehead atoms. The second-order valence-corrected chi connectivity index (χ2v) is 9.99. The number of hydrogen-bond donors (Lipinski definition) is 2. The van der Waals surface area contributed by atoms with Crippen LogP contribution in [0.25, 0.3) is 0 Å². The lowest BCUT2D eigenvalue weighted by atomic mass is 10.0. The zero-order chi connectivity index (χ0) is 28.3. The molecule has 0 amide bonds. The highest BCUT2D eigenvalue weighted by Crippen LogP contribution is 2.37. The Bertz CT molecular complexity index is 1350. The minimum atomic E-state index is -0.845. The molecule has 0 saturated carbocycles. The van der Waals surface area contributed by atoms with Crippen LogP contribution in [0.4, 0.5) is 0 Å². The lowest BCUT2D eigenvalue weighted by molar-refractivity contribution is 0.169. The van der Waals surface area contributed by atoms with Gasteiger partial charge in [-0.2, -0.15) is 0 Å². The molecular weight excluding hydrogens is 561 g/mol. The summed E-state index contributed by atoms with van der Waals surface area (Å²) in [6.07, 6.45) is -0.0963. The minimum Gasteiger partial charge on any atom is -0.493 e. The van der Waals surface area contributed by atoms with Crippen molar-refractivity contribution in [1.29, 1.82) is 0 Å². The summed E-state index contributed by atoms with van der Waals surface area (Å²) in [4.78, 5) is 0. The highest BCUT2D eigenvalue weighted by atomic mass is 35.5. The average Bonchev–Trinajstić information content (AvgIpc) is 2.99. The van der Waals surface area contributed by atoms with Gasteiger partial charge in [-0.3, -0.25) is 0 Å². The van der Waals surface area contributed by atoms with Crippen molar-refractivity contribution in [3.05, 3.63) is 118 Å². The first-order chi connectivity index (χ1) is 19.5. The molecule has 4 aromatic carbocycles. The Kier molecular flexibility index (Phi) is 12.6. The summed E-state index contributed by atoms with van der Waals surface area (Å²) in [5, 5.41) is 14.9. The zero-order valence-corrected chi connectivity index (χ0v) is 25.1. The van der Waals surface area contributed by atoms with E-state index in [0.29, 0.717) is 53.3 Å². The maximum atomic E-state index is 11.1. The van der Waals surface area contributed by atoms with Crippen LogP contribution in [-0.4, -0.2) is 31.9 Å². The molecule has 41 heavy (non-hydrogen) atoms. The summed E-state index contributed by atoms with van der Waals surface area (Å²) in [7, 11) is 3.24. The molecule has 2 unspecified atom stereocenters. The van der Waals surface area contributed by atoms with Gasteiger partial charge in [-0.25, -0.2) is 0 Å². The van der Waals surface area contributed by atoms with Crippen molar-refractivity contribution in [2.75, 3.05) is 20.8 Å². The summed E-state index contributed by atoms with van der Waals surface area (Å²) in [5.74, 6) is 2.43. The highest BCUT2D eigenvalue weighted by Gasteiger charge is 2.19. The summed E-state index contributed by atoms with van der Waals surface area (Å²) < 4.78 is 23.0. The first-order valence-corrected chi connectivity index (χ1v) is 13.6. The fourth-order valence-electron chi connectivity index (χ4n) is 4.36. The third kappa shape index (κ3) is 9.30. The molecular formula is C33H37Cl2NO5. The molecule has 4 aromatic rings. The standard InChI is InChI=1S/C33H36ClNO5.ClH/c1-23(16-26-14-15-30(37-2)31(17-26)38-3)35-20-29(36)27-18-32(39-21-24-10-6-4-7-11-24)33(19-28(27)34)40-22-25-12-8-5-9-13-25;/h4-15,17-19,23,29,35-36H,16,20-22H2,1-3H3;1H. The van der Waals surface area contributed by atoms with Gasteiger partial charge in [0.2, 0.25) is 0 Å². The van der Waals surface area contributed by atoms with Gasteiger partial charge in [-0.1, -0.05) is 78.3 Å². The van der Waals surface area contributed by atoms with Crippen molar-refractivity contribution >= 4 is 24.0 Å². The summed E-state index contributed by atoms with van der Waals surface area (Å²) in [5.41, 5.74) is 3.73. The lowest BCUT2D eigenvalue weighted by Crippen LogP contribution is -2.32. The van der Waals surface area contributed by atoms with Crippen molar-refractivity contribution < 1.29 is 24.1 Å². The van der Waals surface area contributed by atoms with E-state index in [4.69, 9.17) is 30.5 Å². The predicted molar refractivity (Wildman–Crippen MR) is 166 cm³/mol. The normalized spacial score (nSPS) is 12.1. The zero-order valence-electron chi connectivity index (χ0n) is 23.5. The van der Waals surface area contributed by atoms with Crippen LogP contribution in [0.5, 0.6) is 23.0 Å². The van der Waals surface area contributed by atoms with Gasteiger partial charge in [0.25, 0.3) is 0 Å². The topological polar surface area (TPSA) is 69.2 Å². The van der Waals surface area contributed by atoms with E-state index >= 15 is 0 Å². The Morgan fingerprint density at radius 3 is 1.83 bits per heavy atom. The van der Waals surface area contributed by atoms with Gasteiger partial charge in [0, 0.05) is 24.2 Å². The molecule has 0 aliphatic rings. The van der Waals surface area contributed by atoms with E-state index in [0.717, 1.165) is 23.1 Å². The van der Waals surface area contributed by atoms with Gasteiger partial charge in [0.15, 0.2) is 23.0 Å². The second-order valence-electron chi connectivity index (χ2n) is 9.59. The molecule has 0 aliphatic carbocycles. The van der Waals surface area contributed by atoms with E-state index in [-0.39, 0.29) is 18.4 Å². The quantitative estimate of drug-likeness (QED) is 0.160. The van der Waals surface area contributed by atoms with Crippen molar-refractivity contribution in [3.63, 3.8) is 0 Å². The highest BCUT2D eigenvalue weighted by molar-refractivity contribution is 6.31. The summed E-state index contributed by atoms with van der Waals surface area (Å²) in [6, 6.07) is 29.3. The first kappa shape index (κ1) is 32.1. The van der Waals surface area contributed by atoms with Gasteiger partial charge >= 0.3 is 0 Å². The fraction of sp³-hybridized carbons (Fsp3) is 0.273. The van der Waals surface area contributed by atoms with Crippen LogP contribution in [0.15, 0.2) is 91.0 Å². The summed E-state index contributed by atoms with van der Waals surface area (Å²) in [6.45, 7) is 3.12. The molecule has 8 heteroatoms. The SMILES string of the molecule is COc1ccc(CC(C)NCC(O)c2cc(OCc3ccccc3)c(OCc3ccccc3)cc2Cl)cc1OC.Cl. The molecule has 0 aliphatic heterocycles. The van der Waals surface area contributed by atoms with Crippen molar-refractivity contribution in [3.8, 4) is 23.0 Å². The van der Waals surface area contributed by atoms with Crippen LogP contribution in [0.1, 0.15) is 35.3 Å². The molecule has 4 rings (SSSR count). The van der Waals surface area contributed by atoms with Crippen LogP contribution in [0, 0.1) is 0 Å². The van der Waals surface area contributed by atoms with E-state index < -0.39 is 6.10 Å². The maximum absolute atomic E-state index is 11.1. The van der Waals surface area contributed by atoms with Gasteiger partial charge in [-0.15, -0.1) is 12.4 Å². The number of nitrogens with one attached hydrogen (secondary N) is 1. The second kappa shape index (κ2) is 16.1. The average molecular weight is 599 g/mol. The predicted octanol–water partition coefficient (Wildman–Crippen LogP) is 7.19. The Hall–Kier alpha value is -3.42. The van der Waals surface area contributed by atoms with Crippen LogP contribution < -0.4 is 24.3 Å². The van der Waals surface area contributed by atoms with Crippen LogP contribution in [0.3, 0.4) is 0 Å². The molecule has 0 heterocycles. The Labute approximate surface area is 253 Å². The molecule has 2 N–H and O–H groups in total. The van der Waals surface area contributed by atoms with E-state index in [1.54, 1.807) is 26.4 Å². The Morgan fingerprint density at radius 2 is 1.27 bits per heavy atom. The molecule has 0 radical (unpaired) electrons. The lowest BCUT2D eigenvalue weighted by Gasteiger charge is -2.21. The summed E-state index contributed by atoms with van der Waals surface area (Å²) >= 11 is 6.65. The van der Waals surface area contributed by atoms with E-state index in [2.05, 4.69) is 12.2 Å². The molecule has 6 nitrogen and oxygen atoms in total. The molecule has 218 valence electrons. The number of rotatable bonds is 14. The third-order valence-electron chi connectivity index (χ3n) is 6.55. The van der Waals surface area contributed by atoms with Crippen molar-refractivity contribution in [1.82, 2.24) is 5.32 Å². The molecule has 2 atom stereocenters. The molecule has 0 aromatic heterocycles. The van der Waals surface area contributed by atoms with Gasteiger partial charge in [0.05, 0.1) is 25.3 Å². The number of hydrogen-bond acceptors (Lipinski definition) is 6. The monoisotopic (exact) mass is 597 g/mol. The van der Waals surface area contributed by atoms with Crippen molar-refractivity contribution in [2.24, 2.45) is 0 Å². The molecule has 0 saturated heterocycles. The van der Waals surface area contributed by atoms with E-state index in [1.165, 1.54) is 0 Å². The van der Waals surface area contributed by atoms with Crippen LogP contribution >= 0.6 is 24.0 Å². The third-order valence-corrected chi connectivity index (χ3v) is 6.87. The van der Waals surface area contributed by atoms with Gasteiger partial charge in [-0.05, 0) is 48.2 Å². The van der Waals surface area contributed by atoms with Crippen LogP contribution in [-0.2, 0) is 19.6 Å². The number of aliphatic hydroxyl groups is 1. The maximum Gasteiger partial charge on any atom is 0.163 e. The Balaban J connectivity index is 0.00000462. The first-order valence-electron chi connectivity index (χ1n) is 13.3. The Morgan fingerprint density at radius 1 is 0.707 bits per heavy atom. The van der Waals surface area contributed by atoms with E-state index in [9.17, 15) is 5.11 Å². The molecule has 0 spiro atoms. The van der Waals surface area contributed by atoms with Crippen LogP contribution in [0.2, 0.25) is 5.02 Å².